The van der Waals surface area contributed by atoms with Crippen LogP contribution in [0, 0.1) is 0 Å². The summed E-state index contributed by atoms with van der Waals surface area (Å²) in [5.74, 6) is -5.55. The Labute approximate surface area is 223 Å². The second-order valence-electron chi connectivity index (χ2n) is 8.56. The molecule has 0 bridgehead atoms. The first-order chi connectivity index (χ1) is 18.3. The summed E-state index contributed by atoms with van der Waals surface area (Å²) in [6, 6.07) is 0.135. The molecule has 1 aromatic rings. The molecular weight excluding hydrogens is 518 g/mol. The predicted octanol–water partition coefficient (Wildman–Crippen LogP) is -3.29. The van der Waals surface area contributed by atoms with Crippen LogP contribution < -0.4 is 33.2 Å². The van der Waals surface area contributed by atoms with Crippen LogP contribution in [0.5, 0.6) is 5.75 Å². The molecule has 16 nitrogen and oxygen atoms in total. The van der Waals surface area contributed by atoms with Crippen LogP contribution in [0.2, 0.25) is 0 Å². The van der Waals surface area contributed by atoms with Crippen molar-refractivity contribution in [1.82, 2.24) is 16.0 Å². The van der Waals surface area contributed by atoms with Gasteiger partial charge in [-0.05, 0) is 37.0 Å². The number of nitrogens with one attached hydrogen (secondary N) is 3. The predicted molar refractivity (Wildman–Crippen MR) is 137 cm³/mol. The van der Waals surface area contributed by atoms with Crippen LogP contribution in [0.3, 0.4) is 0 Å². The molecule has 4 atom stereocenters. The van der Waals surface area contributed by atoms with Gasteiger partial charge in [0.25, 0.3) is 0 Å². The number of carboxylic acids is 2. The quantitative estimate of drug-likeness (QED) is 0.0516. The van der Waals surface area contributed by atoms with E-state index < -0.39 is 66.9 Å². The number of benzene rings is 1. The Morgan fingerprint density at radius 3 is 1.95 bits per heavy atom. The van der Waals surface area contributed by atoms with E-state index in [1.54, 1.807) is 0 Å². The van der Waals surface area contributed by atoms with Crippen molar-refractivity contribution in [3.8, 4) is 5.75 Å². The van der Waals surface area contributed by atoms with Gasteiger partial charge >= 0.3 is 11.9 Å². The Bertz CT molecular complexity index is 1030. The van der Waals surface area contributed by atoms with Gasteiger partial charge in [-0.3, -0.25) is 24.2 Å². The minimum atomic E-state index is -1.43. The fourth-order valence-corrected chi connectivity index (χ4v) is 3.28. The van der Waals surface area contributed by atoms with E-state index in [0.29, 0.717) is 5.56 Å². The molecule has 0 saturated heterocycles. The van der Waals surface area contributed by atoms with E-state index in [2.05, 4.69) is 20.9 Å². The molecule has 1 rings (SSSR count). The molecule has 1 aromatic carbocycles. The Hall–Kier alpha value is -4.44. The lowest BCUT2D eigenvalue weighted by Gasteiger charge is -2.25. The van der Waals surface area contributed by atoms with Crippen LogP contribution in [0.4, 0.5) is 0 Å². The number of aliphatic carboxylic acids is 2. The van der Waals surface area contributed by atoms with Crippen molar-refractivity contribution in [3.05, 3.63) is 29.8 Å². The summed E-state index contributed by atoms with van der Waals surface area (Å²) in [5.41, 5.74) is 16.4. The zero-order valence-electron chi connectivity index (χ0n) is 21.1. The van der Waals surface area contributed by atoms with Crippen molar-refractivity contribution < 1.29 is 44.4 Å². The maximum absolute atomic E-state index is 13.1. The number of nitrogens with two attached hydrogens (primary N) is 3. The third kappa shape index (κ3) is 12.6. The number of hydrogen-bond donors (Lipinski definition) is 10. The number of carboxylic acid groups (broad SMARTS) is 2. The molecule has 0 radical (unpaired) electrons. The minimum absolute atomic E-state index is 0.0337. The number of guanidine groups is 1. The van der Waals surface area contributed by atoms with E-state index in [1.165, 1.54) is 24.3 Å². The van der Waals surface area contributed by atoms with Gasteiger partial charge in [0.2, 0.25) is 17.7 Å². The van der Waals surface area contributed by atoms with Crippen LogP contribution >= 0.6 is 0 Å². The van der Waals surface area contributed by atoms with Gasteiger partial charge in [0.15, 0.2) is 5.96 Å². The number of hydrogen-bond acceptors (Lipinski definition) is 9. The fraction of sp³-hybridized carbons (Fsp3) is 0.478. The molecule has 16 heteroatoms. The first kappa shape index (κ1) is 32.6. The third-order valence-corrected chi connectivity index (χ3v) is 5.38. The van der Waals surface area contributed by atoms with Gasteiger partial charge in [-0.25, -0.2) is 4.79 Å². The summed E-state index contributed by atoms with van der Waals surface area (Å²) in [5, 5.41) is 44.2. The summed E-state index contributed by atoms with van der Waals surface area (Å²) < 4.78 is 0. The van der Waals surface area contributed by atoms with E-state index >= 15 is 0 Å². The second kappa shape index (κ2) is 16.4. The third-order valence-electron chi connectivity index (χ3n) is 5.38. The van der Waals surface area contributed by atoms with Gasteiger partial charge in [0.05, 0.1) is 6.61 Å². The number of phenolic OH excluding ortho intramolecular Hbond substituents is 1. The Balaban J connectivity index is 3.14. The number of aliphatic hydroxyl groups is 1. The maximum atomic E-state index is 13.1. The number of carbonyl (C=O) groups excluding carboxylic acids is 3. The van der Waals surface area contributed by atoms with Crippen molar-refractivity contribution in [3.63, 3.8) is 0 Å². The van der Waals surface area contributed by atoms with Crippen LogP contribution in [-0.4, -0.2) is 93.4 Å². The maximum Gasteiger partial charge on any atom is 0.326 e. The lowest BCUT2D eigenvalue weighted by Crippen LogP contribution is -2.58. The van der Waals surface area contributed by atoms with Gasteiger partial charge in [0.1, 0.15) is 29.9 Å². The van der Waals surface area contributed by atoms with E-state index in [1.807, 2.05) is 0 Å². The number of aliphatic imine (C=N–C) groups is 1. The highest BCUT2D eigenvalue weighted by Crippen LogP contribution is 2.12. The molecule has 0 aliphatic heterocycles. The van der Waals surface area contributed by atoms with Crippen molar-refractivity contribution in [2.75, 3.05) is 13.2 Å². The monoisotopic (exact) mass is 553 g/mol. The lowest BCUT2D eigenvalue weighted by molar-refractivity contribution is -0.142. The van der Waals surface area contributed by atoms with Crippen molar-refractivity contribution >= 4 is 35.6 Å². The van der Waals surface area contributed by atoms with Crippen molar-refractivity contribution in [2.24, 2.45) is 22.2 Å². The first-order valence-electron chi connectivity index (χ1n) is 11.9. The number of carbonyl (C=O) groups is 5. The summed E-state index contributed by atoms with van der Waals surface area (Å²) in [6.07, 6.45) is -0.833. The smallest absolute Gasteiger partial charge is 0.326 e. The summed E-state index contributed by atoms with van der Waals surface area (Å²) in [7, 11) is 0. The van der Waals surface area contributed by atoms with E-state index in [4.69, 9.17) is 27.4 Å². The van der Waals surface area contributed by atoms with Crippen molar-refractivity contribution in [2.45, 2.75) is 56.3 Å². The zero-order chi connectivity index (χ0) is 29.5. The molecule has 0 aromatic heterocycles. The number of amides is 3. The second-order valence-corrected chi connectivity index (χ2v) is 8.56. The Morgan fingerprint density at radius 2 is 1.41 bits per heavy atom. The van der Waals surface area contributed by atoms with Gasteiger partial charge in [-0.1, -0.05) is 12.1 Å². The largest absolute Gasteiger partial charge is 0.508 e. The lowest BCUT2D eigenvalue weighted by atomic mass is 10.0. The highest BCUT2D eigenvalue weighted by atomic mass is 16.4. The highest BCUT2D eigenvalue weighted by molar-refractivity contribution is 5.94. The van der Waals surface area contributed by atoms with Gasteiger partial charge < -0.3 is 53.6 Å². The molecule has 0 fully saturated rings. The molecule has 0 spiro atoms. The molecule has 0 aliphatic rings. The number of phenols is 1. The van der Waals surface area contributed by atoms with Crippen molar-refractivity contribution in [1.29, 1.82) is 0 Å². The summed E-state index contributed by atoms with van der Waals surface area (Å²) in [4.78, 5) is 64.9. The van der Waals surface area contributed by atoms with Gasteiger partial charge in [-0.2, -0.15) is 0 Å². The molecular formula is C23H35N7O9. The average Bonchev–Trinajstić information content (AvgIpc) is 2.87. The Morgan fingerprint density at radius 1 is 0.846 bits per heavy atom. The number of aromatic hydroxyl groups is 1. The standard InChI is InChI=1S/C23H35N7O9/c24-14(11-31)19(35)28-15(7-8-18(33)34)20(36)30-17(10-12-3-5-13(32)6-4-12)21(37)29-16(22(38)39)2-1-9-27-23(25)26/h3-6,14-17,31-32H,1-2,7-11,24H2,(H,28,35)(H,29,37)(H,30,36)(H,33,34)(H,38,39)(H4,25,26,27). The van der Waals surface area contributed by atoms with E-state index in [0.717, 1.165) is 0 Å². The first-order valence-corrected chi connectivity index (χ1v) is 11.9. The number of aliphatic hydroxyl groups excluding tert-OH is 1. The van der Waals surface area contributed by atoms with Gasteiger partial charge in [0, 0.05) is 19.4 Å². The molecule has 4 unspecified atom stereocenters. The molecule has 3 amide bonds. The number of rotatable bonds is 17. The minimum Gasteiger partial charge on any atom is -0.508 e. The van der Waals surface area contributed by atoms with E-state index in [9.17, 15) is 34.2 Å². The highest BCUT2D eigenvalue weighted by Gasteiger charge is 2.30. The van der Waals surface area contributed by atoms with Crippen LogP contribution in [0.15, 0.2) is 29.3 Å². The zero-order valence-corrected chi connectivity index (χ0v) is 21.1. The number of nitrogens with zero attached hydrogens (tertiary/aromatic N) is 1. The molecule has 13 N–H and O–H groups in total. The van der Waals surface area contributed by atoms with Crippen LogP contribution in [0.1, 0.15) is 31.2 Å². The van der Waals surface area contributed by atoms with Crippen LogP contribution in [-0.2, 0) is 30.4 Å². The average molecular weight is 554 g/mol. The summed E-state index contributed by atoms with van der Waals surface area (Å²) in [6.45, 7) is -0.610. The molecule has 39 heavy (non-hydrogen) atoms. The normalized spacial score (nSPS) is 13.7. The van der Waals surface area contributed by atoms with Crippen LogP contribution in [0.25, 0.3) is 0 Å². The van der Waals surface area contributed by atoms with E-state index in [-0.39, 0.29) is 43.9 Å². The molecule has 0 heterocycles. The summed E-state index contributed by atoms with van der Waals surface area (Å²) >= 11 is 0. The molecule has 0 aliphatic carbocycles. The SMILES string of the molecule is NC(N)=NCCCC(NC(=O)C(Cc1ccc(O)cc1)NC(=O)C(CCC(=O)O)NC(=O)C(N)CO)C(=O)O. The molecule has 216 valence electrons. The topological polar surface area (TPSA) is 293 Å². The fourth-order valence-electron chi connectivity index (χ4n) is 3.28. The van der Waals surface area contributed by atoms with Gasteiger partial charge in [-0.15, -0.1) is 0 Å². The Kier molecular flexibility index (Phi) is 13.7. The molecule has 0 saturated carbocycles.